The van der Waals surface area contributed by atoms with Crippen molar-refractivity contribution in [2.45, 2.75) is 64.8 Å². The van der Waals surface area contributed by atoms with Crippen LogP contribution in [-0.4, -0.2) is 37.1 Å². The van der Waals surface area contributed by atoms with Crippen LogP contribution in [0.2, 0.25) is 0 Å². The van der Waals surface area contributed by atoms with E-state index in [0.29, 0.717) is 0 Å². The van der Waals surface area contributed by atoms with Gasteiger partial charge in [0.25, 0.3) is 0 Å². The van der Waals surface area contributed by atoms with Gasteiger partial charge in [0, 0.05) is 0 Å². The van der Waals surface area contributed by atoms with Crippen LogP contribution in [0, 0.1) is 5.92 Å². The van der Waals surface area contributed by atoms with Gasteiger partial charge < -0.3 is 4.74 Å². The molecule has 106 valence electrons. The first kappa shape index (κ1) is 15.5. The fourth-order valence-electron chi connectivity index (χ4n) is 2.89. The highest BCUT2D eigenvalue weighted by molar-refractivity contribution is 5.75. The van der Waals surface area contributed by atoms with E-state index in [0.717, 1.165) is 38.3 Å². The highest BCUT2D eigenvalue weighted by Gasteiger charge is 2.28. The average molecular weight is 255 g/mol. The number of hydrogen-bond donors (Lipinski definition) is 0. The molecule has 18 heavy (non-hydrogen) atoms. The van der Waals surface area contributed by atoms with Gasteiger partial charge in [-0.2, -0.15) is 0 Å². The van der Waals surface area contributed by atoms with Gasteiger partial charge >= 0.3 is 5.97 Å². The molecule has 1 fully saturated rings. The molecule has 1 heterocycles. The zero-order valence-electron chi connectivity index (χ0n) is 12.3. The van der Waals surface area contributed by atoms with Crippen LogP contribution in [0.3, 0.4) is 0 Å². The maximum atomic E-state index is 11.9. The predicted octanol–water partition coefficient (Wildman–Crippen LogP) is 3.23. The van der Waals surface area contributed by atoms with E-state index < -0.39 is 0 Å². The molecule has 1 aliphatic rings. The SMILES string of the molecule is CCCCC(C(=O)OC)N1CCCC(CC)CC1. The molecule has 2 atom stereocenters. The molecule has 1 aliphatic heterocycles. The normalized spacial score (nSPS) is 23.4. The molecule has 0 saturated carbocycles. The summed E-state index contributed by atoms with van der Waals surface area (Å²) in [6, 6.07) is -0.00874. The Morgan fingerprint density at radius 2 is 2.11 bits per heavy atom. The molecule has 0 aromatic carbocycles. The van der Waals surface area contributed by atoms with Gasteiger partial charge in [0.05, 0.1) is 7.11 Å². The Labute approximate surface area is 112 Å². The third-order valence-corrected chi connectivity index (χ3v) is 4.20. The first-order valence-electron chi connectivity index (χ1n) is 7.54. The largest absolute Gasteiger partial charge is 0.468 e. The first-order valence-corrected chi connectivity index (χ1v) is 7.54. The smallest absolute Gasteiger partial charge is 0.323 e. The van der Waals surface area contributed by atoms with Gasteiger partial charge in [0.15, 0.2) is 0 Å². The molecule has 0 aliphatic carbocycles. The molecule has 1 rings (SSSR count). The molecular weight excluding hydrogens is 226 g/mol. The summed E-state index contributed by atoms with van der Waals surface area (Å²) in [5, 5.41) is 0. The van der Waals surface area contributed by atoms with Gasteiger partial charge in [-0.05, 0) is 44.7 Å². The summed E-state index contributed by atoms with van der Waals surface area (Å²) in [5.41, 5.74) is 0. The molecule has 0 amide bonds. The maximum Gasteiger partial charge on any atom is 0.323 e. The summed E-state index contributed by atoms with van der Waals surface area (Å²) in [5.74, 6) is 0.804. The molecule has 0 bridgehead atoms. The van der Waals surface area contributed by atoms with Crippen molar-refractivity contribution < 1.29 is 9.53 Å². The Hall–Kier alpha value is -0.570. The van der Waals surface area contributed by atoms with Gasteiger partial charge in [0.1, 0.15) is 6.04 Å². The zero-order chi connectivity index (χ0) is 13.4. The minimum Gasteiger partial charge on any atom is -0.468 e. The van der Waals surface area contributed by atoms with E-state index in [1.165, 1.54) is 32.8 Å². The second-order valence-electron chi connectivity index (χ2n) is 5.42. The molecular formula is C15H29NO2. The van der Waals surface area contributed by atoms with E-state index in [4.69, 9.17) is 4.74 Å². The van der Waals surface area contributed by atoms with Crippen molar-refractivity contribution in [3.63, 3.8) is 0 Å². The van der Waals surface area contributed by atoms with Gasteiger partial charge in [-0.25, -0.2) is 0 Å². The van der Waals surface area contributed by atoms with Gasteiger partial charge in [-0.1, -0.05) is 33.1 Å². The van der Waals surface area contributed by atoms with Crippen LogP contribution < -0.4 is 0 Å². The molecule has 0 N–H and O–H groups in total. The number of carbonyl (C=O) groups excluding carboxylic acids is 1. The lowest BCUT2D eigenvalue weighted by Crippen LogP contribution is -2.42. The monoisotopic (exact) mass is 255 g/mol. The van der Waals surface area contributed by atoms with Crippen molar-refractivity contribution in [3.8, 4) is 0 Å². The number of esters is 1. The number of likely N-dealkylation sites (tertiary alicyclic amines) is 1. The number of carbonyl (C=O) groups is 1. The molecule has 0 aromatic heterocycles. The highest BCUT2D eigenvalue weighted by Crippen LogP contribution is 2.23. The Bertz CT molecular complexity index is 243. The average Bonchev–Trinajstić information content (AvgIpc) is 2.64. The lowest BCUT2D eigenvalue weighted by molar-refractivity contribution is -0.147. The Balaban J connectivity index is 2.57. The second-order valence-corrected chi connectivity index (χ2v) is 5.42. The number of hydrogen-bond acceptors (Lipinski definition) is 3. The maximum absolute atomic E-state index is 11.9. The number of unbranched alkanes of at least 4 members (excludes halogenated alkanes) is 1. The van der Waals surface area contributed by atoms with Crippen molar-refractivity contribution in [1.29, 1.82) is 0 Å². The number of ether oxygens (including phenoxy) is 1. The van der Waals surface area contributed by atoms with Crippen molar-refractivity contribution in [1.82, 2.24) is 4.90 Å². The van der Waals surface area contributed by atoms with Crippen LogP contribution in [0.1, 0.15) is 58.8 Å². The summed E-state index contributed by atoms with van der Waals surface area (Å²) in [7, 11) is 1.51. The Morgan fingerprint density at radius 3 is 2.72 bits per heavy atom. The number of nitrogens with zero attached hydrogens (tertiary/aromatic N) is 1. The zero-order valence-corrected chi connectivity index (χ0v) is 12.3. The molecule has 0 aromatic rings. The molecule has 0 radical (unpaired) electrons. The van der Waals surface area contributed by atoms with Crippen LogP contribution in [0.4, 0.5) is 0 Å². The van der Waals surface area contributed by atoms with E-state index in [-0.39, 0.29) is 12.0 Å². The van der Waals surface area contributed by atoms with Crippen molar-refractivity contribution in [2.75, 3.05) is 20.2 Å². The van der Waals surface area contributed by atoms with Crippen molar-refractivity contribution in [2.24, 2.45) is 5.92 Å². The Kier molecular flexibility index (Phi) is 7.33. The topological polar surface area (TPSA) is 29.5 Å². The molecule has 3 heteroatoms. The van der Waals surface area contributed by atoms with Crippen LogP contribution in [0.15, 0.2) is 0 Å². The summed E-state index contributed by atoms with van der Waals surface area (Å²) in [4.78, 5) is 14.3. The fraction of sp³-hybridized carbons (Fsp3) is 0.933. The minimum atomic E-state index is -0.0431. The summed E-state index contributed by atoms with van der Waals surface area (Å²) >= 11 is 0. The summed E-state index contributed by atoms with van der Waals surface area (Å²) in [6.45, 7) is 6.56. The van der Waals surface area contributed by atoms with Gasteiger partial charge in [-0.15, -0.1) is 0 Å². The molecule has 3 nitrogen and oxygen atoms in total. The summed E-state index contributed by atoms with van der Waals surface area (Å²) in [6.07, 6.45) is 8.22. The van der Waals surface area contributed by atoms with Gasteiger partial charge in [0.2, 0.25) is 0 Å². The lowest BCUT2D eigenvalue weighted by atomic mass is 9.98. The van der Waals surface area contributed by atoms with Crippen LogP contribution >= 0.6 is 0 Å². The highest BCUT2D eigenvalue weighted by atomic mass is 16.5. The first-order chi connectivity index (χ1) is 8.72. The molecule has 1 saturated heterocycles. The van der Waals surface area contributed by atoms with E-state index in [9.17, 15) is 4.79 Å². The standard InChI is InChI=1S/C15H29NO2/c1-4-6-9-14(15(17)18-3)16-11-7-8-13(5-2)10-12-16/h13-14H,4-12H2,1-3H3. The fourth-order valence-corrected chi connectivity index (χ4v) is 2.89. The molecule has 0 spiro atoms. The van der Waals surface area contributed by atoms with Crippen molar-refractivity contribution >= 4 is 5.97 Å². The van der Waals surface area contributed by atoms with E-state index in [2.05, 4.69) is 18.7 Å². The van der Waals surface area contributed by atoms with E-state index in [1.54, 1.807) is 0 Å². The third-order valence-electron chi connectivity index (χ3n) is 4.20. The quantitative estimate of drug-likeness (QED) is 0.682. The number of rotatable bonds is 6. The minimum absolute atomic E-state index is 0.00874. The predicted molar refractivity (Wildman–Crippen MR) is 74.5 cm³/mol. The second kappa shape index (κ2) is 8.52. The lowest BCUT2D eigenvalue weighted by Gasteiger charge is -2.28. The third kappa shape index (κ3) is 4.60. The van der Waals surface area contributed by atoms with Crippen LogP contribution in [0.5, 0.6) is 0 Å². The number of methoxy groups -OCH3 is 1. The van der Waals surface area contributed by atoms with Crippen molar-refractivity contribution in [3.05, 3.63) is 0 Å². The van der Waals surface area contributed by atoms with E-state index in [1.807, 2.05) is 0 Å². The van der Waals surface area contributed by atoms with Crippen LogP contribution in [-0.2, 0) is 9.53 Å². The Morgan fingerprint density at radius 1 is 1.33 bits per heavy atom. The molecule has 2 unspecified atom stereocenters. The summed E-state index contributed by atoms with van der Waals surface area (Å²) < 4.78 is 4.98. The van der Waals surface area contributed by atoms with Crippen LogP contribution in [0.25, 0.3) is 0 Å². The van der Waals surface area contributed by atoms with E-state index >= 15 is 0 Å². The van der Waals surface area contributed by atoms with Gasteiger partial charge in [-0.3, -0.25) is 9.69 Å².